The summed E-state index contributed by atoms with van der Waals surface area (Å²) in [6, 6.07) is 0.708. The van der Waals surface area contributed by atoms with Crippen molar-refractivity contribution in [1.82, 2.24) is 0 Å². The van der Waals surface area contributed by atoms with E-state index >= 15 is 0 Å². The SMILES string of the molecule is O=CCCc1cc(F)c(F)c(Cl)c1F. The fourth-order valence-corrected chi connectivity index (χ4v) is 1.23. The maximum Gasteiger partial charge on any atom is 0.180 e. The first-order chi connectivity index (χ1) is 6.57. The van der Waals surface area contributed by atoms with E-state index in [1.54, 1.807) is 0 Å². The molecule has 0 bridgehead atoms. The van der Waals surface area contributed by atoms with Crippen molar-refractivity contribution >= 4 is 17.9 Å². The molecule has 14 heavy (non-hydrogen) atoms. The monoisotopic (exact) mass is 222 g/mol. The molecular formula is C9H6ClF3O. The summed E-state index contributed by atoms with van der Waals surface area (Å²) in [5.41, 5.74) is -0.0963. The van der Waals surface area contributed by atoms with Crippen LogP contribution >= 0.6 is 11.6 Å². The van der Waals surface area contributed by atoms with Gasteiger partial charge in [-0.25, -0.2) is 13.2 Å². The maximum atomic E-state index is 13.1. The van der Waals surface area contributed by atoms with Crippen LogP contribution in [0.2, 0.25) is 5.02 Å². The van der Waals surface area contributed by atoms with E-state index in [0.717, 1.165) is 0 Å². The predicted octanol–water partition coefficient (Wildman–Crippen LogP) is 2.89. The molecule has 0 aromatic heterocycles. The van der Waals surface area contributed by atoms with E-state index in [0.29, 0.717) is 12.4 Å². The van der Waals surface area contributed by atoms with Gasteiger partial charge in [-0.3, -0.25) is 0 Å². The average Bonchev–Trinajstić information content (AvgIpc) is 2.18. The van der Waals surface area contributed by atoms with Crippen LogP contribution < -0.4 is 0 Å². The molecule has 0 heterocycles. The number of benzene rings is 1. The van der Waals surface area contributed by atoms with Gasteiger partial charge in [0, 0.05) is 6.42 Å². The van der Waals surface area contributed by atoms with E-state index < -0.39 is 22.5 Å². The highest BCUT2D eigenvalue weighted by Gasteiger charge is 2.16. The lowest BCUT2D eigenvalue weighted by atomic mass is 10.1. The third-order valence-corrected chi connectivity index (χ3v) is 2.04. The second-order valence-electron chi connectivity index (χ2n) is 2.66. The van der Waals surface area contributed by atoms with Crippen LogP contribution in [-0.4, -0.2) is 6.29 Å². The van der Waals surface area contributed by atoms with E-state index in [9.17, 15) is 18.0 Å². The van der Waals surface area contributed by atoms with Crippen LogP contribution in [0.4, 0.5) is 13.2 Å². The number of carbonyl (C=O) groups excluding carboxylic acids is 1. The first-order valence-electron chi connectivity index (χ1n) is 3.83. The first kappa shape index (κ1) is 11.0. The van der Waals surface area contributed by atoms with Crippen LogP contribution in [0.15, 0.2) is 6.07 Å². The molecule has 1 aromatic rings. The Balaban J connectivity index is 3.12. The van der Waals surface area contributed by atoms with Gasteiger partial charge in [0.15, 0.2) is 11.6 Å². The average molecular weight is 223 g/mol. The van der Waals surface area contributed by atoms with Crippen molar-refractivity contribution < 1.29 is 18.0 Å². The third kappa shape index (κ3) is 2.07. The minimum absolute atomic E-state index is 0.00620. The molecule has 0 saturated carbocycles. The molecule has 0 fully saturated rings. The minimum Gasteiger partial charge on any atom is -0.303 e. The topological polar surface area (TPSA) is 17.1 Å². The van der Waals surface area contributed by atoms with Crippen LogP contribution in [-0.2, 0) is 11.2 Å². The molecule has 1 rings (SSSR count). The van der Waals surface area contributed by atoms with E-state index in [-0.39, 0.29) is 18.4 Å². The van der Waals surface area contributed by atoms with Crippen molar-refractivity contribution in [1.29, 1.82) is 0 Å². The molecule has 0 spiro atoms. The Kier molecular flexibility index (Phi) is 3.52. The molecule has 0 saturated heterocycles. The molecule has 1 nitrogen and oxygen atoms in total. The lowest BCUT2D eigenvalue weighted by Crippen LogP contribution is -1.98. The number of rotatable bonds is 3. The quantitative estimate of drug-likeness (QED) is 0.437. The molecule has 0 aliphatic rings. The summed E-state index contributed by atoms with van der Waals surface area (Å²) in [6.45, 7) is 0. The molecule has 1 aromatic carbocycles. The van der Waals surface area contributed by atoms with E-state index in [2.05, 4.69) is 0 Å². The molecule has 0 atom stereocenters. The van der Waals surface area contributed by atoms with E-state index in [1.807, 2.05) is 0 Å². The van der Waals surface area contributed by atoms with Gasteiger partial charge in [0.25, 0.3) is 0 Å². The fraction of sp³-hybridized carbons (Fsp3) is 0.222. The molecule has 76 valence electrons. The number of aldehydes is 1. The van der Waals surface area contributed by atoms with Gasteiger partial charge in [-0.2, -0.15) is 0 Å². The van der Waals surface area contributed by atoms with Gasteiger partial charge in [-0.05, 0) is 18.1 Å². The highest BCUT2D eigenvalue weighted by molar-refractivity contribution is 6.31. The van der Waals surface area contributed by atoms with Crippen molar-refractivity contribution in [3.8, 4) is 0 Å². The van der Waals surface area contributed by atoms with Gasteiger partial charge >= 0.3 is 0 Å². The normalized spacial score (nSPS) is 10.3. The van der Waals surface area contributed by atoms with Crippen LogP contribution in [0, 0.1) is 17.5 Å². The summed E-state index contributed by atoms with van der Waals surface area (Å²) in [4.78, 5) is 10.0. The molecular weight excluding hydrogens is 217 g/mol. The Hall–Kier alpha value is -1.03. The van der Waals surface area contributed by atoms with Gasteiger partial charge in [0.1, 0.15) is 17.1 Å². The Morgan fingerprint density at radius 2 is 1.93 bits per heavy atom. The number of hydrogen-bond acceptors (Lipinski definition) is 1. The molecule has 0 amide bonds. The Bertz CT molecular complexity index is 366. The van der Waals surface area contributed by atoms with Crippen molar-refractivity contribution in [2.24, 2.45) is 0 Å². The zero-order valence-electron chi connectivity index (χ0n) is 6.99. The van der Waals surface area contributed by atoms with Gasteiger partial charge in [-0.1, -0.05) is 11.6 Å². The summed E-state index contributed by atoms with van der Waals surface area (Å²) in [5.74, 6) is -3.62. The summed E-state index contributed by atoms with van der Waals surface area (Å²) < 4.78 is 38.5. The standard InChI is InChI=1S/C9H6ClF3O/c10-7-8(12)5(2-1-3-14)4-6(11)9(7)13/h3-4H,1-2H2. The Morgan fingerprint density at radius 3 is 2.50 bits per heavy atom. The predicted molar refractivity (Wildman–Crippen MR) is 45.7 cm³/mol. The van der Waals surface area contributed by atoms with Crippen molar-refractivity contribution in [3.63, 3.8) is 0 Å². The number of aryl methyl sites for hydroxylation is 1. The fourth-order valence-electron chi connectivity index (χ4n) is 1.02. The first-order valence-corrected chi connectivity index (χ1v) is 4.21. The van der Waals surface area contributed by atoms with Gasteiger partial charge in [0.2, 0.25) is 0 Å². The van der Waals surface area contributed by atoms with E-state index in [4.69, 9.17) is 11.6 Å². The molecule has 0 N–H and O–H groups in total. The lowest BCUT2D eigenvalue weighted by molar-refractivity contribution is -0.107. The van der Waals surface area contributed by atoms with Gasteiger partial charge < -0.3 is 4.79 Å². The summed E-state index contributed by atoms with van der Waals surface area (Å²) in [7, 11) is 0. The second-order valence-corrected chi connectivity index (χ2v) is 3.04. The highest BCUT2D eigenvalue weighted by Crippen LogP contribution is 2.25. The maximum absolute atomic E-state index is 13.1. The van der Waals surface area contributed by atoms with E-state index in [1.165, 1.54) is 0 Å². The van der Waals surface area contributed by atoms with Crippen LogP contribution in [0.3, 0.4) is 0 Å². The molecule has 5 heteroatoms. The zero-order valence-corrected chi connectivity index (χ0v) is 7.74. The Labute approximate surface area is 83.5 Å². The van der Waals surface area contributed by atoms with Crippen molar-refractivity contribution in [2.45, 2.75) is 12.8 Å². The molecule has 0 aliphatic carbocycles. The molecule has 0 radical (unpaired) electrons. The number of carbonyl (C=O) groups is 1. The van der Waals surface area contributed by atoms with Crippen LogP contribution in [0.1, 0.15) is 12.0 Å². The second kappa shape index (κ2) is 4.46. The number of hydrogen-bond donors (Lipinski definition) is 0. The van der Waals surface area contributed by atoms with Gasteiger partial charge in [0.05, 0.1) is 0 Å². The molecule has 0 unspecified atom stereocenters. The Morgan fingerprint density at radius 1 is 1.29 bits per heavy atom. The van der Waals surface area contributed by atoms with Crippen molar-refractivity contribution in [2.75, 3.05) is 0 Å². The number of halogens is 4. The third-order valence-electron chi connectivity index (χ3n) is 1.71. The summed E-state index contributed by atoms with van der Waals surface area (Å²) in [5, 5.41) is -0.870. The summed E-state index contributed by atoms with van der Waals surface area (Å²) >= 11 is 5.19. The van der Waals surface area contributed by atoms with Crippen LogP contribution in [0.5, 0.6) is 0 Å². The van der Waals surface area contributed by atoms with Crippen molar-refractivity contribution in [3.05, 3.63) is 34.1 Å². The summed E-state index contributed by atoms with van der Waals surface area (Å²) in [6.07, 6.45) is 0.610. The van der Waals surface area contributed by atoms with Gasteiger partial charge in [-0.15, -0.1) is 0 Å². The highest BCUT2D eigenvalue weighted by atomic mass is 35.5. The lowest BCUT2D eigenvalue weighted by Gasteiger charge is -2.04. The van der Waals surface area contributed by atoms with Crippen LogP contribution in [0.25, 0.3) is 0 Å². The zero-order chi connectivity index (χ0) is 10.7. The minimum atomic E-state index is -1.40. The largest absolute Gasteiger partial charge is 0.303 e. The molecule has 0 aliphatic heterocycles. The smallest absolute Gasteiger partial charge is 0.180 e.